The third-order valence-electron chi connectivity index (χ3n) is 5.08. The van der Waals surface area contributed by atoms with Crippen molar-refractivity contribution in [1.29, 1.82) is 0 Å². The molecule has 0 spiro atoms. The van der Waals surface area contributed by atoms with Gasteiger partial charge in [0.1, 0.15) is 5.82 Å². The molecular formula is C21H26FN3O. The maximum absolute atomic E-state index is 13.1. The predicted molar refractivity (Wildman–Crippen MR) is 103 cm³/mol. The summed E-state index contributed by atoms with van der Waals surface area (Å²) in [5.74, 6) is -0.0555. The van der Waals surface area contributed by atoms with E-state index in [9.17, 15) is 9.18 Å². The van der Waals surface area contributed by atoms with Gasteiger partial charge in [-0.1, -0.05) is 30.3 Å². The molecule has 1 amide bonds. The number of hydrogen-bond acceptors (Lipinski definition) is 3. The first-order valence-corrected chi connectivity index (χ1v) is 9.08. The highest BCUT2D eigenvalue weighted by Gasteiger charge is 2.27. The van der Waals surface area contributed by atoms with E-state index >= 15 is 0 Å². The molecule has 2 aromatic rings. The van der Waals surface area contributed by atoms with Gasteiger partial charge in [-0.2, -0.15) is 0 Å². The van der Waals surface area contributed by atoms with E-state index in [4.69, 9.17) is 0 Å². The first kappa shape index (κ1) is 18.4. The topological polar surface area (TPSA) is 26.8 Å². The summed E-state index contributed by atoms with van der Waals surface area (Å²) in [6.45, 7) is 5.65. The molecule has 0 aromatic heterocycles. The summed E-state index contributed by atoms with van der Waals surface area (Å²) >= 11 is 0. The molecule has 1 aliphatic rings. The quantitative estimate of drug-likeness (QED) is 0.825. The largest absolute Gasteiger partial charge is 0.368 e. The van der Waals surface area contributed by atoms with Gasteiger partial charge < -0.3 is 9.80 Å². The van der Waals surface area contributed by atoms with Gasteiger partial charge in [-0.05, 0) is 43.8 Å². The molecular weight excluding hydrogens is 329 g/mol. The first-order chi connectivity index (χ1) is 12.5. The molecule has 1 aliphatic heterocycles. The van der Waals surface area contributed by atoms with Crippen molar-refractivity contribution in [2.75, 3.05) is 38.1 Å². The lowest BCUT2D eigenvalue weighted by Crippen LogP contribution is -2.53. The van der Waals surface area contributed by atoms with Crippen molar-refractivity contribution >= 4 is 11.6 Å². The van der Waals surface area contributed by atoms with E-state index in [0.717, 1.165) is 25.3 Å². The number of halogens is 1. The fourth-order valence-electron chi connectivity index (χ4n) is 3.30. The molecule has 1 saturated heterocycles. The van der Waals surface area contributed by atoms with Crippen LogP contribution >= 0.6 is 0 Å². The molecule has 4 nitrogen and oxygen atoms in total. The lowest BCUT2D eigenvalue weighted by Gasteiger charge is -2.38. The van der Waals surface area contributed by atoms with Gasteiger partial charge in [-0.25, -0.2) is 4.39 Å². The van der Waals surface area contributed by atoms with Crippen molar-refractivity contribution in [2.45, 2.75) is 19.5 Å². The van der Waals surface area contributed by atoms with Crippen LogP contribution in [0.1, 0.15) is 12.5 Å². The van der Waals surface area contributed by atoms with Crippen LogP contribution in [0, 0.1) is 5.82 Å². The lowest BCUT2D eigenvalue weighted by atomic mass is 10.1. The van der Waals surface area contributed by atoms with Gasteiger partial charge in [0.2, 0.25) is 5.91 Å². The minimum atomic E-state index is -0.224. The number of benzene rings is 2. The summed E-state index contributed by atoms with van der Waals surface area (Å²) < 4.78 is 13.1. The number of amides is 1. The van der Waals surface area contributed by atoms with Crippen LogP contribution in [0.2, 0.25) is 0 Å². The van der Waals surface area contributed by atoms with E-state index in [0.29, 0.717) is 13.1 Å². The molecule has 5 heteroatoms. The zero-order chi connectivity index (χ0) is 18.5. The molecule has 138 valence electrons. The molecule has 1 atom stereocenters. The Balaban J connectivity index is 1.53. The number of carbonyl (C=O) groups is 1. The maximum atomic E-state index is 13.1. The van der Waals surface area contributed by atoms with Gasteiger partial charge in [0.15, 0.2) is 0 Å². The minimum Gasteiger partial charge on any atom is -0.368 e. The fraction of sp³-hybridized carbons (Fsp3) is 0.381. The average Bonchev–Trinajstić information content (AvgIpc) is 2.68. The van der Waals surface area contributed by atoms with E-state index in [1.807, 2.05) is 37.1 Å². The van der Waals surface area contributed by atoms with Gasteiger partial charge in [-0.3, -0.25) is 9.69 Å². The second-order valence-corrected chi connectivity index (χ2v) is 6.87. The Morgan fingerprint density at radius 1 is 1.04 bits per heavy atom. The second-order valence-electron chi connectivity index (χ2n) is 6.87. The average molecular weight is 355 g/mol. The Labute approximate surface area is 154 Å². The second kappa shape index (κ2) is 8.32. The summed E-state index contributed by atoms with van der Waals surface area (Å²) in [5, 5.41) is 0. The molecule has 0 aliphatic carbocycles. The van der Waals surface area contributed by atoms with E-state index in [1.165, 1.54) is 17.7 Å². The third kappa shape index (κ3) is 4.41. The van der Waals surface area contributed by atoms with Gasteiger partial charge in [0.05, 0.1) is 6.04 Å². The predicted octanol–water partition coefficient (Wildman–Crippen LogP) is 2.99. The molecule has 0 N–H and O–H groups in total. The Morgan fingerprint density at radius 3 is 2.27 bits per heavy atom. The molecule has 2 aromatic carbocycles. The van der Waals surface area contributed by atoms with Crippen LogP contribution in [0.25, 0.3) is 0 Å². The number of hydrogen-bond donors (Lipinski definition) is 0. The number of likely N-dealkylation sites (N-methyl/N-ethyl adjacent to an activating group) is 1. The minimum absolute atomic E-state index is 0.160. The van der Waals surface area contributed by atoms with Gasteiger partial charge in [0, 0.05) is 38.4 Å². The van der Waals surface area contributed by atoms with E-state index in [2.05, 4.69) is 21.9 Å². The fourth-order valence-corrected chi connectivity index (χ4v) is 3.30. The summed E-state index contributed by atoms with van der Waals surface area (Å²) in [5.41, 5.74) is 2.21. The van der Waals surface area contributed by atoms with Gasteiger partial charge >= 0.3 is 0 Å². The van der Waals surface area contributed by atoms with E-state index in [1.54, 1.807) is 12.1 Å². The Morgan fingerprint density at radius 2 is 1.65 bits per heavy atom. The number of carbonyl (C=O) groups excluding carboxylic acids is 1. The highest BCUT2D eigenvalue weighted by molar-refractivity contribution is 5.81. The Bertz CT molecular complexity index is 712. The molecule has 0 unspecified atom stereocenters. The molecule has 1 fully saturated rings. The monoisotopic (exact) mass is 355 g/mol. The number of rotatable bonds is 5. The Kier molecular flexibility index (Phi) is 5.89. The van der Waals surface area contributed by atoms with Crippen molar-refractivity contribution < 1.29 is 9.18 Å². The van der Waals surface area contributed by atoms with Crippen molar-refractivity contribution in [3.8, 4) is 0 Å². The lowest BCUT2D eigenvalue weighted by molar-refractivity contribution is -0.136. The highest BCUT2D eigenvalue weighted by Crippen LogP contribution is 2.18. The van der Waals surface area contributed by atoms with Crippen LogP contribution in [0.15, 0.2) is 54.6 Å². The van der Waals surface area contributed by atoms with Crippen molar-refractivity contribution in [3.05, 3.63) is 66.0 Å². The van der Waals surface area contributed by atoms with Crippen LogP contribution < -0.4 is 4.90 Å². The summed E-state index contributed by atoms with van der Waals surface area (Å²) in [4.78, 5) is 19.1. The summed E-state index contributed by atoms with van der Waals surface area (Å²) in [6.07, 6.45) is 0. The Hall–Kier alpha value is -2.40. The highest BCUT2D eigenvalue weighted by atomic mass is 19.1. The molecule has 1 heterocycles. The number of nitrogens with zero attached hydrogens (tertiary/aromatic N) is 3. The maximum Gasteiger partial charge on any atom is 0.239 e. The molecule has 0 bridgehead atoms. The normalized spacial score (nSPS) is 16.0. The number of anilines is 1. The molecule has 3 rings (SSSR count). The van der Waals surface area contributed by atoms with Crippen LogP contribution in [0.4, 0.5) is 10.1 Å². The zero-order valence-electron chi connectivity index (χ0n) is 15.4. The van der Waals surface area contributed by atoms with E-state index in [-0.39, 0.29) is 17.8 Å². The SMILES string of the molecule is C[C@@H](C(=O)N1CCN(c2ccc(F)cc2)CC1)N(C)Cc1ccccc1. The van der Waals surface area contributed by atoms with Gasteiger partial charge in [0.25, 0.3) is 0 Å². The molecule has 0 saturated carbocycles. The smallest absolute Gasteiger partial charge is 0.239 e. The van der Waals surface area contributed by atoms with Crippen LogP contribution in [0.3, 0.4) is 0 Å². The van der Waals surface area contributed by atoms with Crippen LogP contribution in [-0.4, -0.2) is 55.0 Å². The van der Waals surface area contributed by atoms with Crippen molar-refractivity contribution in [1.82, 2.24) is 9.80 Å². The molecule has 26 heavy (non-hydrogen) atoms. The van der Waals surface area contributed by atoms with Gasteiger partial charge in [-0.15, -0.1) is 0 Å². The standard InChI is InChI=1S/C21H26FN3O/c1-17(23(2)16-18-6-4-3-5-7-18)21(26)25-14-12-24(13-15-25)20-10-8-19(22)9-11-20/h3-11,17H,12-16H2,1-2H3/t17-/m0/s1. The van der Waals surface area contributed by atoms with Crippen molar-refractivity contribution in [2.24, 2.45) is 0 Å². The first-order valence-electron chi connectivity index (χ1n) is 9.08. The number of piperazine rings is 1. The third-order valence-corrected chi connectivity index (χ3v) is 5.08. The van der Waals surface area contributed by atoms with E-state index < -0.39 is 0 Å². The zero-order valence-corrected chi connectivity index (χ0v) is 15.4. The van der Waals surface area contributed by atoms with Crippen LogP contribution in [0.5, 0.6) is 0 Å². The van der Waals surface area contributed by atoms with Crippen LogP contribution in [-0.2, 0) is 11.3 Å². The van der Waals surface area contributed by atoms with Crippen molar-refractivity contribution in [3.63, 3.8) is 0 Å². The summed E-state index contributed by atoms with van der Waals surface area (Å²) in [6, 6.07) is 16.6. The summed E-state index contributed by atoms with van der Waals surface area (Å²) in [7, 11) is 1.99. The molecule has 0 radical (unpaired) electrons.